The zero-order valence-corrected chi connectivity index (χ0v) is 11.3. The van der Waals surface area contributed by atoms with E-state index < -0.39 is 18.5 Å². The zero-order chi connectivity index (χ0) is 15.2. The van der Waals surface area contributed by atoms with Crippen molar-refractivity contribution < 1.29 is 19.4 Å². The lowest BCUT2D eigenvalue weighted by Crippen LogP contribution is -2.20. The molecular weight excluding hydrogens is 276 g/mol. The Labute approximate surface area is 120 Å². The van der Waals surface area contributed by atoms with E-state index in [2.05, 4.69) is 15.5 Å². The number of carbonyl (C=O) groups is 2. The number of hydrogen-bond donors (Lipinski definition) is 2. The highest BCUT2D eigenvalue weighted by Crippen LogP contribution is 2.18. The van der Waals surface area contributed by atoms with E-state index in [4.69, 9.17) is 9.84 Å². The molecule has 1 heterocycles. The minimum Gasteiger partial charge on any atom is -0.480 e. The number of aliphatic carboxylic acids is 1. The summed E-state index contributed by atoms with van der Waals surface area (Å²) >= 11 is 0. The van der Waals surface area contributed by atoms with Gasteiger partial charge in [-0.3, -0.25) is 4.79 Å². The molecule has 0 aliphatic rings. The van der Waals surface area contributed by atoms with Crippen LogP contribution in [0.15, 0.2) is 30.6 Å². The molecule has 2 N–H and O–H groups in total. The highest BCUT2D eigenvalue weighted by Gasteiger charge is 2.07. The van der Waals surface area contributed by atoms with Crippen LogP contribution in [0.1, 0.15) is 0 Å². The Hall–Kier alpha value is -2.74. The number of aromatic nitrogens is 3. The van der Waals surface area contributed by atoms with Gasteiger partial charge in [0.2, 0.25) is 5.91 Å². The summed E-state index contributed by atoms with van der Waals surface area (Å²) < 4.78 is 6.48. The second kappa shape index (κ2) is 6.62. The third kappa shape index (κ3) is 4.11. The number of carboxylic acids is 1. The highest BCUT2D eigenvalue weighted by atomic mass is 16.5. The number of aryl methyl sites for hydroxylation is 1. The van der Waals surface area contributed by atoms with Gasteiger partial charge in [0.05, 0.1) is 0 Å². The van der Waals surface area contributed by atoms with Crippen molar-refractivity contribution in [3.63, 3.8) is 0 Å². The lowest BCUT2D eigenvalue weighted by Gasteiger charge is -2.06. The molecule has 2 aromatic rings. The van der Waals surface area contributed by atoms with E-state index in [0.717, 1.165) is 11.4 Å². The Morgan fingerprint density at radius 2 is 2.00 bits per heavy atom. The molecule has 8 nitrogen and oxygen atoms in total. The molecule has 0 saturated heterocycles. The molecule has 0 aliphatic heterocycles. The molecule has 0 atom stereocenters. The van der Waals surface area contributed by atoms with E-state index >= 15 is 0 Å². The predicted octanol–water partition coefficient (Wildman–Crippen LogP) is 0.522. The summed E-state index contributed by atoms with van der Waals surface area (Å²) in [6.45, 7) is -0.810. The van der Waals surface area contributed by atoms with Crippen molar-refractivity contribution in [2.24, 2.45) is 7.05 Å². The maximum Gasteiger partial charge on any atom is 0.329 e. The first kappa shape index (κ1) is 14.7. The number of nitrogens with zero attached hydrogens (tertiary/aromatic N) is 3. The van der Waals surface area contributed by atoms with Crippen molar-refractivity contribution in [3.8, 4) is 11.4 Å². The topological polar surface area (TPSA) is 106 Å². The van der Waals surface area contributed by atoms with Gasteiger partial charge in [0, 0.05) is 18.3 Å². The fourth-order valence-corrected chi connectivity index (χ4v) is 1.68. The Balaban J connectivity index is 1.92. The van der Waals surface area contributed by atoms with Crippen LogP contribution in [0.25, 0.3) is 11.4 Å². The van der Waals surface area contributed by atoms with Crippen LogP contribution < -0.4 is 5.32 Å². The van der Waals surface area contributed by atoms with E-state index in [0.29, 0.717) is 5.69 Å². The highest BCUT2D eigenvalue weighted by molar-refractivity contribution is 5.92. The number of nitrogens with one attached hydrogen (secondary N) is 1. The molecule has 1 amide bonds. The SMILES string of the molecule is Cn1cnnc1-c1ccc(NC(=O)COCC(=O)O)cc1. The number of hydrogen-bond acceptors (Lipinski definition) is 5. The quantitative estimate of drug-likeness (QED) is 0.803. The second-order valence-electron chi connectivity index (χ2n) is 4.28. The Kier molecular flexibility index (Phi) is 4.62. The van der Waals surface area contributed by atoms with Crippen LogP contribution in [0, 0.1) is 0 Å². The minimum absolute atomic E-state index is 0.308. The molecule has 0 radical (unpaired) electrons. The van der Waals surface area contributed by atoms with Crippen LogP contribution in [0.5, 0.6) is 0 Å². The van der Waals surface area contributed by atoms with E-state index in [1.54, 1.807) is 35.2 Å². The molecule has 0 spiro atoms. The van der Waals surface area contributed by atoms with Gasteiger partial charge in [-0.05, 0) is 24.3 Å². The van der Waals surface area contributed by atoms with Crippen molar-refractivity contribution in [2.75, 3.05) is 18.5 Å². The third-order valence-electron chi connectivity index (χ3n) is 2.60. The Bertz CT molecular complexity index is 636. The van der Waals surface area contributed by atoms with Crippen molar-refractivity contribution in [3.05, 3.63) is 30.6 Å². The largest absolute Gasteiger partial charge is 0.480 e. The fraction of sp³-hybridized carbons (Fsp3) is 0.231. The standard InChI is InChI=1S/C13H14N4O4/c1-17-8-14-16-13(17)9-2-4-10(5-3-9)15-11(18)6-21-7-12(19)20/h2-5,8H,6-7H2,1H3,(H,15,18)(H,19,20). The molecule has 0 fully saturated rings. The summed E-state index contributed by atoms with van der Waals surface area (Å²) in [5.74, 6) is -0.809. The van der Waals surface area contributed by atoms with Gasteiger partial charge in [-0.25, -0.2) is 4.79 Å². The van der Waals surface area contributed by atoms with Gasteiger partial charge in [-0.2, -0.15) is 0 Å². The molecule has 0 aliphatic carbocycles. The van der Waals surface area contributed by atoms with Gasteiger partial charge in [0.15, 0.2) is 5.82 Å². The monoisotopic (exact) mass is 290 g/mol. The summed E-state index contributed by atoms with van der Waals surface area (Å²) in [4.78, 5) is 21.8. The predicted molar refractivity (Wildman–Crippen MR) is 73.5 cm³/mol. The van der Waals surface area contributed by atoms with Crippen molar-refractivity contribution in [2.45, 2.75) is 0 Å². The summed E-state index contributed by atoms with van der Waals surface area (Å²) in [7, 11) is 1.84. The van der Waals surface area contributed by atoms with Crippen LogP contribution in [0.4, 0.5) is 5.69 Å². The summed E-state index contributed by atoms with van der Waals surface area (Å²) in [6, 6.07) is 7.05. The molecule has 0 bridgehead atoms. The van der Waals surface area contributed by atoms with Gasteiger partial charge in [-0.15, -0.1) is 10.2 Å². The summed E-state index contributed by atoms with van der Waals surface area (Å²) in [6.07, 6.45) is 1.60. The molecule has 2 rings (SSSR count). The number of rotatable bonds is 6. The molecule has 0 unspecified atom stereocenters. The van der Waals surface area contributed by atoms with Crippen molar-refractivity contribution in [1.82, 2.24) is 14.8 Å². The number of amides is 1. The smallest absolute Gasteiger partial charge is 0.329 e. The first-order chi connectivity index (χ1) is 10.1. The molecule has 0 saturated carbocycles. The van der Waals surface area contributed by atoms with Crippen molar-refractivity contribution >= 4 is 17.6 Å². The lowest BCUT2D eigenvalue weighted by atomic mass is 10.2. The van der Waals surface area contributed by atoms with Gasteiger partial charge in [0.25, 0.3) is 0 Å². The summed E-state index contributed by atoms with van der Waals surface area (Å²) in [5, 5.41) is 18.8. The number of anilines is 1. The number of ether oxygens (including phenoxy) is 1. The van der Waals surface area contributed by atoms with Crippen LogP contribution >= 0.6 is 0 Å². The molecular formula is C13H14N4O4. The molecule has 21 heavy (non-hydrogen) atoms. The van der Waals surface area contributed by atoms with E-state index in [1.165, 1.54) is 0 Å². The average Bonchev–Trinajstić information content (AvgIpc) is 2.85. The average molecular weight is 290 g/mol. The van der Waals surface area contributed by atoms with Gasteiger partial charge < -0.3 is 19.7 Å². The van der Waals surface area contributed by atoms with E-state index in [-0.39, 0.29) is 6.61 Å². The maximum atomic E-state index is 11.5. The van der Waals surface area contributed by atoms with E-state index in [1.807, 2.05) is 7.05 Å². The lowest BCUT2D eigenvalue weighted by molar-refractivity contribution is -0.143. The third-order valence-corrected chi connectivity index (χ3v) is 2.60. The Morgan fingerprint density at radius 1 is 1.29 bits per heavy atom. The Morgan fingerprint density at radius 3 is 2.57 bits per heavy atom. The number of carboxylic acid groups (broad SMARTS) is 1. The normalized spacial score (nSPS) is 10.3. The van der Waals surface area contributed by atoms with Crippen molar-refractivity contribution in [1.29, 1.82) is 0 Å². The van der Waals surface area contributed by atoms with E-state index in [9.17, 15) is 9.59 Å². The zero-order valence-electron chi connectivity index (χ0n) is 11.3. The molecule has 1 aromatic carbocycles. The first-order valence-corrected chi connectivity index (χ1v) is 6.10. The number of benzene rings is 1. The van der Waals surface area contributed by atoms with Gasteiger partial charge in [0.1, 0.15) is 19.5 Å². The molecule has 110 valence electrons. The maximum absolute atomic E-state index is 11.5. The van der Waals surface area contributed by atoms with Crippen LogP contribution in [-0.2, 0) is 21.4 Å². The molecule has 1 aromatic heterocycles. The number of carbonyl (C=O) groups excluding carboxylic acids is 1. The fourth-order valence-electron chi connectivity index (χ4n) is 1.68. The van der Waals surface area contributed by atoms with Crippen LogP contribution in [0.2, 0.25) is 0 Å². The van der Waals surface area contributed by atoms with Crippen LogP contribution in [0.3, 0.4) is 0 Å². The van der Waals surface area contributed by atoms with Crippen LogP contribution in [-0.4, -0.2) is 45.0 Å². The molecule has 8 heteroatoms. The van der Waals surface area contributed by atoms with Gasteiger partial charge >= 0.3 is 5.97 Å². The van der Waals surface area contributed by atoms with Gasteiger partial charge in [-0.1, -0.05) is 0 Å². The second-order valence-corrected chi connectivity index (χ2v) is 4.28. The summed E-state index contributed by atoms with van der Waals surface area (Å²) in [5.41, 5.74) is 1.46. The minimum atomic E-state index is -1.11. The first-order valence-electron chi connectivity index (χ1n) is 6.10.